The van der Waals surface area contributed by atoms with Crippen molar-refractivity contribution in [2.75, 3.05) is 5.73 Å². The van der Waals surface area contributed by atoms with Crippen LogP contribution in [-0.4, -0.2) is 25.4 Å². The lowest BCUT2D eigenvalue weighted by molar-refractivity contribution is -0.143. The largest absolute Gasteiger partial charge is 0.481 e. The second-order valence-electron chi connectivity index (χ2n) is 8.19. The molecule has 1 saturated carbocycles. The van der Waals surface area contributed by atoms with E-state index in [4.69, 9.17) is 15.5 Å². The van der Waals surface area contributed by atoms with Crippen molar-refractivity contribution >= 4 is 17.3 Å². The summed E-state index contributed by atoms with van der Waals surface area (Å²) in [7, 11) is 0. The quantitative estimate of drug-likeness (QED) is 0.457. The predicted octanol–water partition coefficient (Wildman–Crippen LogP) is 5.13. The van der Waals surface area contributed by atoms with E-state index in [1.807, 2.05) is 65.2 Å². The molecule has 0 amide bonds. The average molecular weight is 428 g/mol. The predicted molar refractivity (Wildman–Crippen MR) is 122 cm³/mol. The van der Waals surface area contributed by atoms with Crippen LogP contribution < -0.4 is 10.5 Å². The zero-order valence-electron chi connectivity index (χ0n) is 17.5. The molecule has 0 radical (unpaired) electrons. The first kappa shape index (κ1) is 20.1. The van der Waals surface area contributed by atoms with E-state index in [-0.39, 0.29) is 11.8 Å². The van der Waals surface area contributed by atoms with Gasteiger partial charge in [0.2, 0.25) is 0 Å². The molecule has 32 heavy (non-hydrogen) atoms. The molecule has 2 heterocycles. The lowest BCUT2D eigenvalue weighted by Gasteiger charge is -2.25. The Morgan fingerprint density at radius 2 is 1.81 bits per heavy atom. The monoisotopic (exact) mass is 428 g/mol. The number of imidazole rings is 1. The Labute approximate surface area is 185 Å². The fraction of sp³-hybridized carbons (Fsp3) is 0.240. The van der Waals surface area contributed by atoms with Crippen molar-refractivity contribution in [3.8, 4) is 22.8 Å². The molecular formula is C25H24N4O3. The van der Waals surface area contributed by atoms with E-state index >= 15 is 0 Å². The number of carboxylic acid groups (broad SMARTS) is 1. The Kier molecular flexibility index (Phi) is 5.23. The van der Waals surface area contributed by atoms with Gasteiger partial charge < -0.3 is 15.6 Å². The summed E-state index contributed by atoms with van der Waals surface area (Å²) in [5.74, 6) is 1.74. The number of hydrogen-bond donors (Lipinski definition) is 2. The summed E-state index contributed by atoms with van der Waals surface area (Å²) >= 11 is 0. The Hall–Kier alpha value is -3.87. The first-order chi connectivity index (χ1) is 15.6. The van der Waals surface area contributed by atoms with Crippen molar-refractivity contribution in [1.82, 2.24) is 14.4 Å². The van der Waals surface area contributed by atoms with Gasteiger partial charge in [-0.25, -0.2) is 9.97 Å². The van der Waals surface area contributed by atoms with E-state index in [1.165, 1.54) is 0 Å². The molecule has 2 aromatic heterocycles. The molecule has 1 fully saturated rings. The van der Waals surface area contributed by atoms with Crippen LogP contribution in [0.2, 0.25) is 0 Å². The molecule has 5 rings (SSSR count). The minimum Gasteiger partial charge on any atom is -0.481 e. The van der Waals surface area contributed by atoms with E-state index in [1.54, 1.807) is 6.20 Å². The molecule has 162 valence electrons. The van der Waals surface area contributed by atoms with Crippen molar-refractivity contribution in [3.63, 3.8) is 0 Å². The van der Waals surface area contributed by atoms with Gasteiger partial charge in [0, 0.05) is 23.9 Å². The molecule has 1 aliphatic carbocycles. The smallest absolute Gasteiger partial charge is 0.306 e. The normalized spacial score (nSPS) is 18.5. The van der Waals surface area contributed by atoms with Crippen molar-refractivity contribution in [1.29, 1.82) is 0 Å². The number of aromatic nitrogens is 3. The molecule has 0 saturated heterocycles. The van der Waals surface area contributed by atoms with Gasteiger partial charge in [-0.3, -0.25) is 9.20 Å². The van der Waals surface area contributed by atoms with Gasteiger partial charge in [0.25, 0.3) is 0 Å². The lowest BCUT2D eigenvalue weighted by atomic mass is 9.81. The first-order valence-electron chi connectivity index (χ1n) is 10.8. The topological polar surface area (TPSA) is 103 Å². The molecule has 0 spiro atoms. The van der Waals surface area contributed by atoms with Crippen LogP contribution in [-0.2, 0) is 4.79 Å². The zero-order valence-corrected chi connectivity index (χ0v) is 17.5. The molecule has 1 aliphatic rings. The Bertz CT molecular complexity index is 1250. The summed E-state index contributed by atoms with van der Waals surface area (Å²) in [6.45, 7) is 0. The molecular weight excluding hydrogens is 404 g/mol. The molecule has 7 nitrogen and oxygen atoms in total. The third-order valence-corrected chi connectivity index (χ3v) is 6.11. The molecule has 4 aromatic rings. The maximum atomic E-state index is 11.6. The second kappa shape index (κ2) is 8.34. The maximum absolute atomic E-state index is 11.6. The maximum Gasteiger partial charge on any atom is 0.306 e. The number of carbonyl (C=O) groups is 1. The van der Waals surface area contributed by atoms with Gasteiger partial charge in [-0.05, 0) is 55.7 Å². The summed E-state index contributed by atoms with van der Waals surface area (Å²) in [4.78, 5) is 20.8. The Morgan fingerprint density at radius 3 is 2.56 bits per heavy atom. The van der Waals surface area contributed by atoms with Gasteiger partial charge in [0.05, 0.1) is 5.92 Å². The van der Waals surface area contributed by atoms with Crippen LogP contribution >= 0.6 is 0 Å². The molecule has 0 unspecified atom stereocenters. The summed E-state index contributed by atoms with van der Waals surface area (Å²) in [5.41, 5.74) is 8.65. The van der Waals surface area contributed by atoms with Gasteiger partial charge in [0.15, 0.2) is 0 Å². The van der Waals surface area contributed by atoms with Crippen molar-refractivity contribution in [2.45, 2.75) is 31.6 Å². The third kappa shape index (κ3) is 3.77. The van der Waals surface area contributed by atoms with Crippen LogP contribution in [0.4, 0.5) is 5.82 Å². The number of anilines is 1. The molecule has 7 heteroatoms. The van der Waals surface area contributed by atoms with Crippen LogP contribution in [0.1, 0.15) is 37.4 Å². The third-order valence-electron chi connectivity index (χ3n) is 6.11. The number of rotatable bonds is 5. The highest BCUT2D eigenvalue weighted by atomic mass is 16.5. The Balaban J connectivity index is 1.51. The fourth-order valence-electron chi connectivity index (χ4n) is 4.53. The van der Waals surface area contributed by atoms with Gasteiger partial charge in [0.1, 0.15) is 34.4 Å². The number of nitrogens with zero attached hydrogens (tertiary/aromatic N) is 3. The number of fused-ring (bicyclic) bond motifs is 1. The van der Waals surface area contributed by atoms with E-state index < -0.39 is 5.97 Å². The average Bonchev–Trinajstić information content (AvgIpc) is 3.21. The number of benzene rings is 2. The van der Waals surface area contributed by atoms with Crippen molar-refractivity contribution in [2.24, 2.45) is 5.92 Å². The number of aliphatic carboxylic acids is 1. The molecule has 2 atom stereocenters. The highest BCUT2D eigenvalue weighted by molar-refractivity contribution is 5.85. The number of nitrogens with two attached hydrogens (primary N) is 1. The highest BCUT2D eigenvalue weighted by Gasteiger charge is 2.31. The number of para-hydroxylation sites is 1. The molecule has 2 aromatic carbocycles. The minimum absolute atomic E-state index is 0.0635. The van der Waals surface area contributed by atoms with Crippen LogP contribution in [0.15, 0.2) is 67.0 Å². The molecule has 0 bridgehead atoms. The summed E-state index contributed by atoms with van der Waals surface area (Å²) < 4.78 is 7.87. The summed E-state index contributed by atoms with van der Waals surface area (Å²) in [6, 6.07) is 17.3. The number of nitrogen functional groups attached to an aromatic ring is 1. The Morgan fingerprint density at radius 1 is 1.06 bits per heavy atom. The standard InChI is InChI=1S/C25H24N4O3/c26-23-22-21(16-9-11-20(12-10-16)32-19-7-2-1-3-8-19)28-24(29(22)14-13-27-23)17-5-4-6-18(15-17)25(30)31/h1-3,7-14,17-18H,4-6,15H2,(H2,26,27)(H,30,31)/t17-,18-/m0/s1. The van der Waals surface area contributed by atoms with Gasteiger partial charge in [-0.15, -0.1) is 0 Å². The van der Waals surface area contributed by atoms with E-state index in [0.29, 0.717) is 18.7 Å². The van der Waals surface area contributed by atoms with Gasteiger partial charge in [-0.1, -0.05) is 24.6 Å². The first-order valence-corrected chi connectivity index (χ1v) is 10.8. The summed E-state index contributed by atoms with van der Waals surface area (Å²) in [5, 5.41) is 9.51. The zero-order chi connectivity index (χ0) is 22.1. The van der Waals surface area contributed by atoms with Crippen molar-refractivity contribution in [3.05, 3.63) is 72.8 Å². The van der Waals surface area contributed by atoms with E-state index in [9.17, 15) is 9.90 Å². The molecule has 0 aliphatic heterocycles. The van der Waals surface area contributed by atoms with Crippen LogP contribution in [0.5, 0.6) is 11.5 Å². The number of hydrogen-bond acceptors (Lipinski definition) is 5. The molecule has 3 N–H and O–H groups in total. The summed E-state index contributed by atoms with van der Waals surface area (Å²) in [6.07, 6.45) is 6.60. The second-order valence-corrected chi connectivity index (χ2v) is 8.19. The van der Waals surface area contributed by atoms with Gasteiger partial charge >= 0.3 is 5.97 Å². The van der Waals surface area contributed by atoms with E-state index in [2.05, 4.69) is 4.98 Å². The number of ether oxygens (including phenoxy) is 1. The van der Waals surface area contributed by atoms with Crippen LogP contribution in [0, 0.1) is 5.92 Å². The number of carboxylic acids is 1. The minimum atomic E-state index is -0.731. The van der Waals surface area contributed by atoms with Crippen LogP contribution in [0.25, 0.3) is 16.8 Å². The van der Waals surface area contributed by atoms with Gasteiger partial charge in [-0.2, -0.15) is 0 Å². The van der Waals surface area contributed by atoms with Crippen molar-refractivity contribution < 1.29 is 14.6 Å². The lowest BCUT2D eigenvalue weighted by Crippen LogP contribution is -2.22. The fourth-order valence-corrected chi connectivity index (χ4v) is 4.53. The highest BCUT2D eigenvalue weighted by Crippen LogP contribution is 2.39. The van der Waals surface area contributed by atoms with E-state index in [0.717, 1.165) is 46.9 Å². The SMILES string of the molecule is Nc1nccn2c([C@H]3CCC[C@H](C(=O)O)C3)nc(-c3ccc(Oc4ccccc4)cc3)c12. The van der Waals surface area contributed by atoms with Crippen LogP contribution in [0.3, 0.4) is 0 Å².